The molecule has 1 fully saturated rings. The van der Waals surface area contributed by atoms with Gasteiger partial charge in [0.15, 0.2) is 5.22 Å². The van der Waals surface area contributed by atoms with Crippen LogP contribution < -0.4 is 0 Å². The molecule has 1 aromatic rings. The minimum atomic E-state index is -0.356. The van der Waals surface area contributed by atoms with Gasteiger partial charge in [-0.2, -0.15) is 0 Å². The number of ether oxygens (including phenoxy) is 1. The van der Waals surface area contributed by atoms with Gasteiger partial charge in [-0.25, -0.2) is 0 Å². The van der Waals surface area contributed by atoms with Crippen molar-refractivity contribution in [3.05, 3.63) is 23.1 Å². The van der Waals surface area contributed by atoms with E-state index in [1.54, 1.807) is 17.8 Å². The first-order chi connectivity index (χ1) is 6.75. The summed E-state index contributed by atoms with van der Waals surface area (Å²) < 4.78 is 10.3. The molecule has 1 aromatic heterocycles. The number of thioether (sulfide) groups is 1. The quantitative estimate of drug-likeness (QED) is 0.868. The molecular formula is C9H11ClO3S. The highest BCUT2D eigenvalue weighted by atomic mass is 35.5. The van der Waals surface area contributed by atoms with Crippen LogP contribution >= 0.6 is 23.4 Å². The lowest BCUT2D eigenvalue weighted by Gasteiger charge is -2.09. The summed E-state index contributed by atoms with van der Waals surface area (Å²) in [5.74, 6) is 1.55. The van der Waals surface area contributed by atoms with E-state index in [0.29, 0.717) is 18.4 Å². The number of halogens is 1. The van der Waals surface area contributed by atoms with Crippen molar-refractivity contribution < 1.29 is 14.3 Å². The van der Waals surface area contributed by atoms with Crippen LogP contribution in [-0.4, -0.2) is 29.7 Å². The fourth-order valence-electron chi connectivity index (χ4n) is 1.30. The van der Waals surface area contributed by atoms with Gasteiger partial charge in [0.1, 0.15) is 5.76 Å². The average molecular weight is 235 g/mol. The van der Waals surface area contributed by atoms with E-state index in [1.807, 2.05) is 6.07 Å². The molecule has 1 N–H and O–H groups in total. The summed E-state index contributed by atoms with van der Waals surface area (Å²) in [6.07, 6.45) is -0.356. The Hall–Kier alpha value is -0.160. The molecule has 2 unspecified atom stereocenters. The first-order valence-corrected chi connectivity index (χ1v) is 5.80. The Morgan fingerprint density at radius 3 is 2.93 bits per heavy atom. The summed E-state index contributed by atoms with van der Waals surface area (Å²) in [5.41, 5.74) is 0. The Labute approximate surface area is 91.4 Å². The van der Waals surface area contributed by atoms with Crippen LogP contribution in [0.1, 0.15) is 5.76 Å². The first kappa shape index (κ1) is 10.4. The molecule has 1 saturated heterocycles. The fourth-order valence-corrected chi connectivity index (χ4v) is 2.49. The second-order valence-electron chi connectivity index (χ2n) is 3.16. The molecular weight excluding hydrogens is 224 g/mol. The van der Waals surface area contributed by atoms with Gasteiger partial charge >= 0.3 is 0 Å². The predicted molar refractivity (Wildman–Crippen MR) is 55.6 cm³/mol. The highest BCUT2D eigenvalue weighted by Crippen LogP contribution is 2.26. The van der Waals surface area contributed by atoms with Crippen LogP contribution in [0.15, 0.2) is 16.5 Å². The molecule has 5 heteroatoms. The summed E-state index contributed by atoms with van der Waals surface area (Å²) in [6, 6.07) is 3.57. The van der Waals surface area contributed by atoms with Crippen molar-refractivity contribution in [1.29, 1.82) is 0 Å². The highest BCUT2D eigenvalue weighted by molar-refractivity contribution is 7.99. The molecule has 0 bridgehead atoms. The molecule has 3 nitrogen and oxygen atoms in total. The molecule has 2 atom stereocenters. The zero-order chi connectivity index (χ0) is 9.97. The summed E-state index contributed by atoms with van der Waals surface area (Å²) in [6.45, 7) is 1.05. The van der Waals surface area contributed by atoms with Gasteiger partial charge in [-0.05, 0) is 23.7 Å². The summed E-state index contributed by atoms with van der Waals surface area (Å²) in [5, 5.41) is 10.0. The lowest BCUT2D eigenvalue weighted by Crippen LogP contribution is -2.20. The largest absolute Gasteiger partial charge is 0.449 e. The van der Waals surface area contributed by atoms with Crippen LogP contribution in [0, 0.1) is 0 Å². The van der Waals surface area contributed by atoms with Crippen molar-refractivity contribution in [3.63, 3.8) is 0 Å². The molecule has 14 heavy (non-hydrogen) atoms. The van der Waals surface area contributed by atoms with E-state index in [2.05, 4.69) is 0 Å². The topological polar surface area (TPSA) is 42.6 Å². The van der Waals surface area contributed by atoms with Gasteiger partial charge in [-0.15, -0.1) is 11.8 Å². The molecule has 2 rings (SSSR count). The smallest absolute Gasteiger partial charge is 0.193 e. The number of rotatable bonds is 3. The van der Waals surface area contributed by atoms with Gasteiger partial charge < -0.3 is 14.3 Å². The maximum Gasteiger partial charge on any atom is 0.193 e. The Morgan fingerprint density at radius 1 is 1.50 bits per heavy atom. The molecule has 0 amide bonds. The molecule has 0 aromatic carbocycles. The summed E-state index contributed by atoms with van der Waals surface area (Å²) in [7, 11) is 0. The van der Waals surface area contributed by atoms with Gasteiger partial charge in [0.05, 0.1) is 30.3 Å². The van der Waals surface area contributed by atoms with Crippen LogP contribution in [0.2, 0.25) is 5.22 Å². The number of aliphatic hydroxyl groups is 1. The second kappa shape index (κ2) is 4.57. The summed E-state index contributed by atoms with van der Waals surface area (Å²) >= 11 is 7.27. The van der Waals surface area contributed by atoms with E-state index in [-0.39, 0.29) is 11.4 Å². The predicted octanol–water partition coefficient (Wildman–Crippen LogP) is 1.93. The standard InChI is InChI=1S/C9H11ClO3S/c10-9-2-1-6(13-9)5-14-8-4-12-3-7(8)11/h1-2,7-8,11H,3-5H2. The van der Waals surface area contributed by atoms with Crippen molar-refractivity contribution in [2.75, 3.05) is 13.2 Å². The van der Waals surface area contributed by atoms with E-state index >= 15 is 0 Å². The van der Waals surface area contributed by atoms with Crippen molar-refractivity contribution >= 4 is 23.4 Å². The van der Waals surface area contributed by atoms with Crippen molar-refractivity contribution in [2.24, 2.45) is 0 Å². The highest BCUT2D eigenvalue weighted by Gasteiger charge is 2.26. The minimum absolute atomic E-state index is 0.152. The normalized spacial score (nSPS) is 27.0. The Kier molecular flexibility index (Phi) is 3.38. The fraction of sp³-hybridized carbons (Fsp3) is 0.556. The van der Waals surface area contributed by atoms with E-state index in [9.17, 15) is 5.11 Å². The first-order valence-electron chi connectivity index (χ1n) is 4.37. The number of hydrogen-bond acceptors (Lipinski definition) is 4. The molecule has 1 aliphatic rings. The van der Waals surface area contributed by atoms with Gasteiger partial charge in [0.25, 0.3) is 0 Å². The molecule has 0 aliphatic carbocycles. The van der Waals surface area contributed by atoms with Gasteiger partial charge in [0.2, 0.25) is 0 Å². The van der Waals surface area contributed by atoms with Crippen molar-refractivity contribution in [3.8, 4) is 0 Å². The molecule has 0 saturated carbocycles. The van der Waals surface area contributed by atoms with Crippen LogP contribution in [-0.2, 0) is 10.5 Å². The monoisotopic (exact) mass is 234 g/mol. The molecule has 0 radical (unpaired) electrons. The zero-order valence-electron chi connectivity index (χ0n) is 7.48. The van der Waals surface area contributed by atoms with Gasteiger partial charge in [-0.3, -0.25) is 0 Å². The number of aliphatic hydroxyl groups excluding tert-OH is 1. The maximum atomic E-state index is 9.47. The van der Waals surface area contributed by atoms with Gasteiger partial charge in [-0.1, -0.05) is 0 Å². The van der Waals surface area contributed by atoms with Crippen LogP contribution in [0.25, 0.3) is 0 Å². The molecule has 1 aliphatic heterocycles. The number of furan rings is 1. The van der Waals surface area contributed by atoms with Crippen LogP contribution in [0.4, 0.5) is 0 Å². The summed E-state index contributed by atoms with van der Waals surface area (Å²) in [4.78, 5) is 0. The van der Waals surface area contributed by atoms with Crippen LogP contribution in [0.5, 0.6) is 0 Å². The van der Waals surface area contributed by atoms with E-state index < -0.39 is 0 Å². The third-order valence-corrected chi connectivity index (χ3v) is 3.60. The number of hydrogen-bond donors (Lipinski definition) is 1. The molecule has 78 valence electrons. The van der Waals surface area contributed by atoms with E-state index in [0.717, 1.165) is 11.5 Å². The Balaban J connectivity index is 1.82. The Morgan fingerprint density at radius 2 is 2.36 bits per heavy atom. The maximum absolute atomic E-state index is 9.47. The Bertz CT molecular complexity index is 302. The van der Waals surface area contributed by atoms with Crippen molar-refractivity contribution in [1.82, 2.24) is 0 Å². The third kappa shape index (κ3) is 2.45. The van der Waals surface area contributed by atoms with E-state index in [1.165, 1.54) is 0 Å². The molecule has 2 heterocycles. The SMILES string of the molecule is OC1COCC1SCc1ccc(Cl)o1. The van der Waals surface area contributed by atoms with Crippen LogP contribution in [0.3, 0.4) is 0 Å². The lowest BCUT2D eigenvalue weighted by molar-refractivity contribution is 0.127. The lowest BCUT2D eigenvalue weighted by atomic mass is 10.3. The second-order valence-corrected chi connectivity index (χ2v) is 4.76. The van der Waals surface area contributed by atoms with Gasteiger partial charge in [0, 0.05) is 0 Å². The molecule has 0 spiro atoms. The van der Waals surface area contributed by atoms with E-state index in [4.69, 9.17) is 20.8 Å². The average Bonchev–Trinajstić information content (AvgIpc) is 2.72. The minimum Gasteiger partial charge on any atom is -0.449 e. The van der Waals surface area contributed by atoms with Crippen molar-refractivity contribution in [2.45, 2.75) is 17.1 Å². The third-order valence-electron chi connectivity index (χ3n) is 2.07. The zero-order valence-corrected chi connectivity index (χ0v) is 9.05.